The zero-order valence-electron chi connectivity index (χ0n) is 11.1. The van der Waals surface area contributed by atoms with Crippen LogP contribution in [0.4, 0.5) is 0 Å². The summed E-state index contributed by atoms with van der Waals surface area (Å²) in [4.78, 5) is 24.3. The van der Waals surface area contributed by atoms with Crippen molar-refractivity contribution in [3.05, 3.63) is 59.9 Å². The molecule has 102 valence electrons. The van der Waals surface area contributed by atoms with Crippen molar-refractivity contribution in [1.29, 1.82) is 0 Å². The molecular weight excluding hydrogens is 254 g/mol. The summed E-state index contributed by atoms with van der Waals surface area (Å²) in [5, 5.41) is 2.44. The minimum absolute atomic E-state index is 0.237. The Kier molecular flexibility index (Phi) is 2.93. The maximum absolute atomic E-state index is 12.3. The molecule has 0 spiro atoms. The molecule has 4 nitrogen and oxygen atoms in total. The average molecular weight is 269 g/mol. The molecule has 1 fully saturated rings. The molecule has 3 rings (SSSR count). The number of allylic oxidation sites excluding steroid dienone is 1. The van der Waals surface area contributed by atoms with E-state index in [0.717, 1.165) is 5.56 Å². The molecule has 4 heteroatoms. The highest BCUT2D eigenvalue weighted by Crippen LogP contribution is 2.42. The SMILES string of the molecule is COC1=C[C@H]2C(=O)NC(=O)[C@]2(Cc2ccccc2)C=C1. The first-order valence-corrected chi connectivity index (χ1v) is 6.50. The second-order valence-electron chi connectivity index (χ2n) is 5.11. The summed E-state index contributed by atoms with van der Waals surface area (Å²) >= 11 is 0. The normalized spacial score (nSPS) is 27.9. The molecule has 0 unspecified atom stereocenters. The molecule has 20 heavy (non-hydrogen) atoms. The number of rotatable bonds is 3. The first kappa shape index (κ1) is 12.7. The lowest BCUT2D eigenvalue weighted by molar-refractivity contribution is -0.127. The van der Waals surface area contributed by atoms with Gasteiger partial charge >= 0.3 is 0 Å². The number of fused-ring (bicyclic) bond motifs is 1. The fourth-order valence-corrected chi connectivity index (χ4v) is 2.85. The van der Waals surface area contributed by atoms with Gasteiger partial charge in [-0.1, -0.05) is 36.4 Å². The highest BCUT2D eigenvalue weighted by molar-refractivity contribution is 6.09. The highest BCUT2D eigenvalue weighted by atomic mass is 16.5. The van der Waals surface area contributed by atoms with Gasteiger partial charge in [-0.25, -0.2) is 0 Å². The van der Waals surface area contributed by atoms with E-state index >= 15 is 0 Å². The number of hydrogen-bond acceptors (Lipinski definition) is 3. The third kappa shape index (κ3) is 1.84. The summed E-state index contributed by atoms with van der Waals surface area (Å²) in [5.74, 6) is -0.387. The van der Waals surface area contributed by atoms with Crippen molar-refractivity contribution in [2.75, 3.05) is 7.11 Å². The maximum atomic E-state index is 12.3. The quantitative estimate of drug-likeness (QED) is 0.848. The molecule has 1 heterocycles. The Balaban J connectivity index is 2.01. The molecule has 1 aromatic rings. The van der Waals surface area contributed by atoms with Gasteiger partial charge in [0.25, 0.3) is 0 Å². The molecule has 0 aromatic heterocycles. The molecule has 0 radical (unpaired) electrons. The summed E-state index contributed by atoms with van der Waals surface area (Å²) in [6.07, 6.45) is 5.78. The van der Waals surface area contributed by atoms with E-state index < -0.39 is 11.3 Å². The smallest absolute Gasteiger partial charge is 0.238 e. The van der Waals surface area contributed by atoms with Crippen molar-refractivity contribution in [1.82, 2.24) is 5.32 Å². The van der Waals surface area contributed by atoms with Gasteiger partial charge in [-0.3, -0.25) is 14.9 Å². The monoisotopic (exact) mass is 269 g/mol. The molecule has 2 aliphatic rings. The number of benzene rings is 1. The number of hydrogen-bond donors (Lipinski definition) is 1. The van der Waals surface area contributed by atoms with Crippen molar-refractivity contribution >= 4 is 11.8 Å². The van der Waals surface area contributed by atoms with E-state index in [9.17, 15) is 9.59 Å². The highest BCUT2D eigenvalue weighted by Gasteiger charge is 2.53. The number of imide groups is 1. The van der Waals surface area contributed by atoms with E-state index in [2.05, 4.69) is 5.32 Å². The third-order valence-electron chi connectivity index (χ3n) is 3.95. The first-order chi connectivity index (χ1) is 9.65. The van der Waals surface area contributed by atoms with Gasteiger partial charge in [-0.15, -0.1) is 0 Å². The summed E-state index contributed by atoms with van der Waals surface area (Å²) in [5.41, 5.74) is 0.196. The molecule has 1 aliphatic carbocycles. The zero-order chi connectivity index (χ0) is 14.2. The van der Waals surface area contributed by atoms with Crippen molar-refractivity contribution < 1.29 is 14.3 Å². The van der Waals surface area contributed by atoms with E-state index in [0.29, 0.717) is 12.2 Å². The van der Waals surface area contributed by atoms with Crippen LogP contribution in [0.3, 0.4) is 0 Å². The van der Waals surface area contributed by atoms with Crippen LogP contribution < -0.4 is 5.32 Å². The minimum atomic E-state index is -0.833. The predicted octanol–water partition coefficient (Wildman–Crippen LogP) is 1.59. The number of carbonyl (C=O) groups excluding carboxylic acids is 2. The van der Waals surface area contributed by atoms with Crippen LogP contribution in [0.5, 0.6) is 0 Å². The Morgan fingerprint density at radius 1 is 1.25 bits per heavy atom. The Labute approximate surface area is 117 Å². The van der Waals surface area contributed by atoms with Crippen LogP contribution >= 0.6 is 0 Å². The second-order valence-corrected chi connectivity index (χ2v) is 5.11. The topological polar surface area (TPSA) is 55.4 Å². The number of nitrogens with one attached hydrogen (secondary N) is 1. The summed E-state index contributed by atoms with van der Waals surface area (Å²) < 4.78 is 5.16. The van der Waals surface area contributed by atoms with Crippen molar-refractivity contribution in [2.24, 2.45) is 11.3 Å². The lowest BCUT2D eigenvalue weighted by Gasteiger charge is -2.29. The Hall–Kier alpha value is -2.36. The second kappa shape index (κ2) is 4.63. The molecule has 0 saturated carbocycles. The van der Waals surface area contributed by atoms with Gasteiger partial charge in [0.1, 0.15) is 5.76 Å². The molecule has 1 aromatic carbocycles. The van der Waals surface area contributed by atoms with E-state index in [1.807, 2.05) is 30.3 Å². The summed E-state index contributed by atoms with van der Waals surface area (Å²) in [7, 11) is 1.55. The number of ether oxygens (including phenoxy) is 1. The number of methoxy groups -OCH3 is 1. The third-order valence-corrected chi connectivity index (χ3v) is 3.95. The first-order valence-electron chi connectivity index (χ1n) is 6.50. The van der Waals surface area contributed by atoms with E-state index in [4.69, 9.17) is 4.74 Å². The Bertz CT molecular complexity index is 618. The zero-order valence-corrected chi connectivity index (χ0v) is 11.1. The van der Waals surface area contributed by atoms with Gasteiger partial charge in [0.15, 0.2) is 0 Å². The average Bonchev–Trinajstić information content (AvgIpc) is 2.71. The standard InChI is InChI=1S/C16H15NO3/c1-20-12-7-8-16(10-11-5-3-2-4-6-11)13(9-12)14(18)17-15(16)19/h2-9,13H,10H2,1H3,(H,17,18,19)/t13-,16-/m0/s1. The van der Waals surface area contributed by atoms with E-state index in [-0.39, 0.29) is 11.8 Å². The van der Waals surface area contributed by atoms with Crippen molar-refractivity contribution in [3.63, 3.8) is 0 Å². The van der Waals surface area contributed by atoms with Crippen LogP contribution in [-0.2, 0) is 20.7 Å². The molecule has 1 aliphatic heterocycles. The van der Waals surface area contributed by atoms with Crippen LogP contribution in [0.15, 0.2) is 54.3 Å². The van der Waals surface area contributed by atoms with E-state index in [1.165, 1.54) is 0 Å². The fourth-order valence-electron chi connectivity index (χ4n) is 2.85. The van der Waals surface area contributed by atoms with Gasteiger partial charge in [0, 0.05) is 0 Å². The van der Waals surface area contributed by atoms with Gasteiger partial charge in [0.2, 0.25) is 11.8 Å². The minimum Gasteiger partial charge on any atom is -0.497 e. The lowest BCUT2D eigenvalue weighted by atomic mass is 9.70. The molecule has 1 saturated heterocycles. The largest absolute Gasteiger partial charge is 0.497 e. The van der Waals surface area contributed by atoms with Gasteiger partial charge in [0.05, 0.1) is 18.4 Å². The molecule has 1 N–H and O–H groups in total. The van der Waals surface area contributed by atoms with Crippen LogP contribution in [0.2, 0.25) is 0 Å². The van der Waals surface area contributed by atoms with Crippen LogP contribution in [0.1, 0.15) is 5.56 Å². The van der Waals surface area contributed by atoms with Gasteiger partial charge in [-0.2, -0.15) is 0 Å². The molecule has 2 amide bonds. The summed E-state index contributed by atoms with van der Waals surface area (Å²) in [6.45, 7) is 0. The Morgan fingerprint density at radius 3 is 2.70 bits per heavy atom. The molecular formula is C16H15NO3. The van der Waals surface area contributed by atoms with Crippen LogP contribution in [0.25, 0.3) is 0 Å². The van der Waals surface area contributed by atoms with Crippen LogP contribution in [0, 0.1) is 11.3 Å². The van der Waals surface area contributed by atoms with Gasteiger partial charge < -0.3 is 4.74 Å². The van der Waals surface area contributed by atoms with Crippen molar-refractivity contribution in [2.45, 2.75) is 6.42 Å². The van der Waals surface area contributed by atoms with Crippen molar-refractivity contribution in [3.8, 4) is 0 Å². The van der Waals surface area contributed by atoms with E-state index in [1.54, 1.807) is 25.3 Å². The van der Waals surface area contributed by atoms with Gasteiger partial charge in [-0.05, 0) is 24.1 Å². The maximum Gasteiger partial charge on any atom is 0.238 e. The predicted molar refractivity (Wildman–Crippen MR) is 73.5 cm³/mol. The molecule has 2 atom stereocenters. The summed E-state index contributed by atoms with van der Waals surface area (Å²) in [6, 6.07) is 9.71. The van der Waals surface area contributed by atoms with Crippen LogP contribution in [-0.4, -0.2) is 18.9 Å². The lowest BCUT2D eigenvalue weighted by Crippen LogP contribution is -2.36. The number of amides is 2. The Morgan fingerprint density at radius 2 is 2.00 bits per heavy atom. The number of carbonyl (C=O) groups is 2. The fraction of sp³-hybridized carbons (Fsp3) is 0.250. The molecule has 0 bridgehead atoms.